The van der Waals surface area contributed by atoms with Crippen LogP contribution in [-0.2, 0) is 14.9 Å². The lowest BCUT2D eigenvalue weighted by Crippen LogP contribution is -2.39. The summed E-state index contributed by atoms with van der Waals surface area (Å²) in [4.78, 5) is 32.9. The summed E-state index contributed by atoms with van der Waals surface area (Å²) in [7, 11) is 0. The molecule has 1 saturated carbocycles. The standard InChI is InChI=1S/C28H30FN5O4S/c1-16(39)31-11-19-12-34(26(36)37-19)18-6-7-20(23(29)9-18)17-5-8-24(32-10-17)28(15-30)21-13-33(14-22(21)28)25(35)38-27(2,3)4/h5-10,19,21-22H,11-14H2,1-4H3,(H,31,39)/t19-,21-,22+,28?/m0/s1. The number of piperidine rings is 1. The van der Waals surface area contributed by atoms with Gasteiger partial charge in [0.1, 0.15) is 22.9 Å². The van der Waals surface area contributed by atoms with Crippen LogP contribution >= 0.6 is 12.2 Å². The molecule has 1 aromatic carbocycles. The molecule has 11 heteroatoms. The van der Waals surface area contributed by atoms with Gasteiger partial charge in [-0.1, -0.05) is 18.3 Å². The first-order chi connectivity index (χ1) is 18.4. The van der Waals surface area contributed by atoms with Crippen LogP contribution in [0.5, 0.6) is 0 Å². The minimum absolute atomic E-state index is 0.0171. The third-order valence-corrected chi connectivity index (χ3v) is 7.58. The van der Waals surface area contributed by atoms with Crippen LogP contribution in [0.2, 0.25) is 0 Å². The van der Waals surface area contributed by atoms with Crippen LogP contribution in [0.15, 0.2) is 36.5 Å². The Morgan fingerprint density at radius 2 is 2.00 bits per heavy atom. The number of cyclic esters (lactones) is 1. The minimum atomic E-state index is -0.761. The zero-order valence-corrected chi connectivity index (χ0v) is 23.0. The Hall–Kier alpha value is -3.78. The van der Waals surface area contributed by atoms with Gasteiger partial charge in [0.05, 0.1) is 35.5 Å². The molecule has 0 radical (unpaired) electrons. The first-order valence-corrected chi connectivity index (χ1v) is 13.2. The average molecular weight is 552 g/mol. The number of benzene rings is 1. The summed E-state index contributed by atoms with van der Waals surface area (Å²) in [5, 5.41) is 13.0. The Morgan fingerprint density at radius 3 is 2.56 bits per heavy atom. The van der Waals surface area contributed by atoms with Crippen molar-refractivity contribution >= 4 is 35.1 Å². The number of nitrogens with zero attached hydrogens (tertiary/aromatic N) is 4. The molecule has 2 aliphatic heterocycles. The number of nitrogens with one attached hydrogen (secondary N) is 1. The van der Waals surface area contributed by atoms with Crippen LogP contribution in [-0.4, -0.2) is 64.9 Å². The third kappa shape index (κ3) is 5.01. The predicted octanol–water partition coefficient (Wildman–Crippen LogP) is 4.41. The van der Waals surface area contributed by atoms with Crippen molar-refractivity contribution in [2.75, 3.05) is 31.1 Å². The van der Waals surface area contributed by atoms with Crippen LogP contribution < -0.4 is 10.2 Å². The molecule has 2 saturated heterocycles. The molecule has 5 rings (SSSR count). The summed E-state index contributed by atoms with van der Waals surface area (Å²) in [5.41, 5.74) is 0.564. The van der Waals surface area contributed by atoms with Crippen LogP contribution in [0.3, 0.4) is 0 Å². The number of fused-ring (bicyclic) bond motifs is 1. The SMILES string of the molecule is CC(=S)NC[C@H]1CN(c2ccc(-c3ccc(C4(C#N)[C@@H]5CN(C(=O)OC(C)(C)C)C[C@@H]54)nc3)c(F)c2)C(=O)O1. The fourth-order valence-corrected chi connectivity index (χ4v) is 5.59. The van der Waals surface area contributed by atoms with Crippen molar-refractivity contribution in [3.63, 3.8) is 0 Å². The Kier molecular flexibility index (Phi) is 6.71. The number of thiocarbonyl (C=S) groups is 1. The molecule has 2 aromatic rings. The Bertz CT molecular complexity index is 1360. The van der Waals surface area contributed by atoms with Gasteiger partial charge in [-0.15, -0.1) is 0 Å². The van der Waals surface area contributed by atoms with Crippen molar-refractivity contribution in [3.8, 4) is 17.2 Å². The summed E-state index contributed by atoms with van der Waals surface area (Å²) < 4.78 is 26.0. The summed E-state index contributed by atoms with van der Waals surface area (Å²) in [6.07, 6.45) is 0.263. The summed E-state index contributed by atoms with van der Waals surface area (Å²) in [5.74, 6) is -0.537. The highest BCUT2D eigenvalue weighted by molar-refractivity contribution is 7.80. The summed E-state index contributed by atoms with van der Waals surface area (Å²) in [6, 6.07) is 10.5. The van der Waals surface area contributed by atoms with E-state index in [1.54, 1.807) is 42.3 Å². The van der Waals surface area contributed by atoms with Crippen molar-refractivity contribution in [1.82, 2.24) is 15.2 Å². The fourth-order valence-electron chi connectivity index (χ4n) is 5.51. The Balaban J connectivity index is 1.26. The molecule has 1 aliphatic carbocycles. The summed E-state index contributed by atoms with van der Waals surface area (Å²) in [6.45, 7) is 8.76. The van der Waals surface area contributed by atoms with Gasteiger partial charge in [0.2, 0.25) is 0 Å². The van der Waals surface area contributed by atoms with E-state index in [4.69, 9.17) is 21.7 Å². The molecule has 1 N–H and O–H groups in total. The van der Waals surface area contributed by atoms with Gasteiger partial charge in [-0.3, -0.25) is 9.88 Å². The molecule has 0 bridgehead atoms. The van der Waals surface area contributed by atoms with Gasteiger partial charge in [0, 0.05) is 42.2 Å². The highest BCUT2D eigenvalue weighted by Crippen LogP contribution is 2.62. The third-order valence-electron chi connectivity index (χ3n) is 7.43. The smallest absolute Gasteiger partial charge is 0.414 e. The van der Waals surface area contributed by atoms with E-state index in [0.717, 1.165) is 0 Å². The number of pyridine rings is 1. The maximum absolute atomic E-state index is 15.2. The van der Waals surface area contributed by atoms with Gasteiger partial charge >= 0.3 is 12.2 Å². The number of nitriles is 1. The molecule has 39 heavy (non-hydrogen) atoms. The lowest BCUT2D eigenvalue weighted by atomic mass is 9.95. The van der Waals surface area contributed by atoms with Crippen LogP contribution in [0.4, 0.5) is 19.7 Å². The predicted molar refractivity (Wildman–Crippen MR) is 146 cm³/mol. The van der Waals surface area contributed by atoms with Crippen molar-refractivity contribution in [1.29, 1.82) is 5.26 Å². The molecule has 4 atom stereocenters. The van der Waals surface area contributed by atoms with Crippen LogP contribution in [0.1, 0.15) is 33.4 Å². The Morgan fingerprint density at radius 1 is 1.28 bits per heavy atom. The van der Waals surface area contributed by atoms with Crippen molar-refractivity contribution < 1.29 is 23.5 Å². The van der Waals surface area contributed by atoms with Crippen molar-refractivity contribution in [2.45, 2.75) is 44.8 Å². The average Bonchev–Trinajstić information content (AvgIpc) is 3.15. The second-order valence-corrected chi connectivity index (χ2v) is 11.8. The molecule has 2 amide bonds. The van der Waals surface area contributed by atoms with Crippen LogP contribution in [0, 0.1) is 29.0 Å². The molecule has 0 spiro atoms. The molecule has 3 aliphatic rings. The topological polar surface area (TPSA) is 108 Å². The van der Waals surface area contributed by atoms with Gasteiger partial charge in [-0.2, -0.15) is 5.26 Å². The molecule has 1 aromatic heterocycles. The number of anilines is 1. The quantitative estimate of drug-likeness (QED) is 0.545. The monoisotopic (exact) mass is 551 g/mol. The molecule has 1 unspecified atom stereocenters. The van der Waals surface area contributed by atoms with Crippen LogP contribution in [0.25, 0.3) is 11.1 Å². The largest absolute Gasteiger partial charge is 0.444 e. The maximum atomic E-state index is 15.2. The zero-order chi connectivity index (χ0) is 28.1. The van der Waals surface area contributed by atoms with E-state index in [1.807, 2.05) is 20.8 Å². The highest BCUT2D eigenvalue weighted by Gasteiger charge is 2.71. The number of hydrogen-bond acceptors (Lipinski definition) is 7. The number of carbonyl (C=O) groups excluding carboxylic acids is 2. The van der Waals surface area contributed by atoms with Gasteiger partial charge < -0.3 is 19.7 Å². The maximum Gasteiger partial charge on any atom is 0.414 e. The highest BCUT2D eigenvalue weighted by atomic mass is 32.1. The number of ether oxygens (including phenoxy) is 2. The van der Waals surface area contributed by atoms with E-state index in [1.165, 1.54) is 11.0 Å². The molecule has 204 valence electrons. The molecular weight excluding hydrogens is 521 g/mol. The van der Waals surface area contributed by atoms with Gasteiger partial charge in [0.15, 0.2) is 0 Å². The minimum Gasteiger partial charge on any atom is -0.444 e. The first-order valence-electron chi connectivity index (χ1n) is 12.8. The van der Waals surface area contributed by atoms with E-state index in [0.29, 0.717) is 47.1 Å². The first kappa shape index (κ1) is 26.8. The van der Waals surface area contributed by atoms with Crippen molar-refractivity contribution in [2.24, 2.45) is 11.8 Å². The molecule has 9 nitrogen and oxygen atoms in total. The van der Waals surface area contributed by atoms with E-state index < -0.39 is 22.9 Å². The Labute approximate surface area is 231 Å². The number of carbonyl (C=O) groups is 2. The normalized spacial score (nSPS) is 25.5. The molecule has 3 heterocycles. The summed E-state index contributed by atoms with van der Waals surface area (Å²) >= 11 is 4.99. The number of rotatable bonds is 5. The second kappa shape index (κ2) is 9.75. The van der Waals surface area contributed by atoms with Gasteiger partial charge in [-0.25, -0.2) is 14.0 Å². The number of hydrogen-bond donors (Lipinski definition) is 1. The van der Waals surface area contributed by atoms with Gasteiger partial charge in [0.25, 0.3) is 0 Å². The fraction of sp³-hybridized carbons (Fsp3) is 0.464. The number of amides is 2. The molecule has 3 fully saturated rings. The number of aromatic nitrogens is 1. The lowest BCUT2D eigenvalue weighted by molar-refractivity contribution is 0.0265. The van der Waals surface area contributed by atoms with Crippen molar-refractivity contribution in [3.05, 3.63) is 48.0 Å². The van der Waals surface area contributed by atoms with E-state index in [9.17, 15) is 14.9 Å². The second-order valence-electron chi connectivity index (χ2n) is 11.2. The number of halogens is 1. The zero-order valence-electron chi connectivity index (χ0n) is 22.2. The molecular formula is C28H30FN5O4S. The van der Waals surface area contributed by atoms with E-state index in [-0.39, 0.29) is 30.6 Å². The number of likely N-dealkylation sites (tertiary alicyclic amines) is 1. The van der Waals surface area contributed by atoms with E-state index in [2.05, 4.69) is 16.4 Å². The van der Waals surface area contributed by atoms with Gasteiger partial charge in [-0.05, 0) is 52.0 Å². The van der Waals surface area contributed by atoms with E-state index >= 15 is 4.39 Å². The lowest BCUT2D eigenvalue weighted by Gasteiger charge is -2.27.